The van der Waals surface area contributed by atoms with Gasteiger partial charge in [0.2, 0.25) is 0 Å². The molecule has 1 aromatic carbocycles. The Hall–Kier alpha value is -1.87. The molecular weight excluding hydrogens is 266 g/mol. The van der Waals surface area contributed by atoms with Crippen LogP contribution in [0, 0.1) is 17.2 Å². The highest BCUT2D eigenvalue weighted by Gasteiger charge is 2.16. The number of carboxylic acids is 1. The van der Waals surface area contributed by atoms with Crippen molar-refractivity contribution >= 4 is 16.8 Å². The first kappa shape index (κ1) is 15.2. The van der Waals surface area contributed by atoms with Gasteiger partial charge in [0.1, 0.15) is 5.75 Å². The summed E-state index contributed by atoms with van der Waals surface area (Å²) in [6, 6.07) is 6.88. The summed E-state index contributed by atoms with van der Waals surface area (Å²) >= 11 is 0. The second-order valence-electron chi connectivity index (χ2n) is 4.13. The maximum Gasteiger partial charge on any atom is 0.307 e. The number of benzene rings is 1. The number of aliphatic carboxylic acids is 1. The number of nitrogens with zero attached hydrogens (tertiary/aromatic N) is 1. The van der Waals surface area contributed by atoms with Crippen LogP contribution in [0.1, 0.15) is 18.1 Å². The first-order valence-corrected chi connectivity index (χ1v) is 7.11. The molecule has 0 saturated carbocycles. The van der Waals surface area contributed by atoms with Gasteiger partial charge in [0.05, 0.1) is 30.4 Å². The van der Waals surface area contributed by atoms with Crippen molar-refractivity contribution in [2.24, 2.45) is 5.92 Å². The van der Waals surface area contributed by atoms with Crippen LogP contribution in [0.3, 0.4) is 0 Å². The first-order chi connectivity index (χ1) is 8.97. The van der Waals surface area contributed by atoms with Crippen molar-refractivity contribution in [1.82, 2.24) is 0 Å². The van der Waals surface area contributed by atoms with Gasteiger partial charge in [-0.05, 0) is 18.2 Å². The summed E-state index contributed by atoms with van der Waals surface area (Å²) in [5, 5.41) is 17.6. The summed E-state index contributed by atoms with van der Waals surface area (Å²) < 4.78 is 17.0. The molecule has 0 amide bonds. The van der Waals surface area contributed by atoms with E-state index in [4.69, 9.17) is 15.1 Å². The number of ether oxygens (including phenoxy) is 1. The summed E-state index contributed by atoms with van der Waals surface area (Å²) in [5.74, 6) is -0.821. The highest BCUT2D eigenvalue weighted by Crippen LogP contribution is 2.21. The number of nitriles is 1. The molecule has 0 aliphatic rings. The number of carboxylic acid groups (broad SMARTS) is 1. The lowest BCUT2D eigenvalue weighted by Gasteiger charge is -2.10. The number of methoxy groups -OCH3 is 1. The molecule has 6 heteroatoms. The predicted octanol–water partition coefficient (Wildman–Crippen LogP) is 1.54. The van der Waals surface area contributed by atoms with Crippen molar-refractivity contribution in [2.45, 2.75) is 12.7 Å². The van der Waals surface area contributed by atoms with Crippen molar-refractivity contribution in [3.05, 3.63) is 29.3 Å². The summed E-state index contributed by atoms with van der Waals surface area (Å²) in [7, 11) is 0.180. The van der Waals surface area contributed by atoms with Crippen LogP contribution < -0.4 is 4.74 Å². The summed E-state index contributed by atoms with van der Waals surface area (Å²) in [4.78, 5) is 10.7. The average molecular weight is 281 g/mol. The van der Waals surface area contributed by atoms with Gasteiger partial charge in [0.25, 0.3) is 0 Å². The quantitative estimate of drug-likeness (QED) is 0.854. The van der Waals surface area contributed by atoms with Gasteiger partial charge in [0.15, 0.2) is 0 Å². The molecule has 2 unspecified atom stereocenters. The molecule has 0 bridgehead atoms. The van der Waals surface area contributed by atoms with Crippen LogP contribution in [0.2, 0.25) is 0 Å². The Balaban J connectivity index is 2.84. The molecule has 0 heterocycles. The largest absolute Gasteiger partial charge is 0.496 e. The van der Waals surface area contributed by atoms with E-state index >= 15 is 0 Å². The zero-order valence-corrected chi connectivity index (χ0v) is 11.6. The highest BCUT2D eigenvalue weighted by atomic mass is 32.2. The van der Waals surface area contributed by atoms with Crippen molar-refractivity contribution in [3.8, 4) is 11.8 Å². The van der Waals surface area contributed by atoms with Gasteiger partial charge in [-0.25, -0.2) is 0 Å². The second-order valence-corrected chi connectivity index (χ2v) is 5.63. The van der Waals surface area contributed by atoms with Crippen molar-refractivity contribution in [2.75, 3.05) is 12.9 Å². The summed E-state index contributed by atoms with van der Waals surface area (Å²) in [6.45, 7) is 1.52. The SMILES string of the molecule is COc1ccc(C#N)cc1CS(=O)CC(C)C(=O)O. The van der Waals surface area contributed by atoms with Crippen LogP contribution in [0.25, 0.3) is 0 Å². The van der Waals surface area contributed by atoms with Crippen LogP contribution in [0.15, 0.2) is 18.2 Å². The van der Waals surface area contributed by atoms with Crippen molar-refractivity contribution < 1.29 is 18.8 Å². The highest BCUT2D eigenvalue weighted by molar-refractivity contribution is 7.84. The molecule has 0 fully saturated rings. The van der Waals surface area contributed by atoms with Crippen LogP contribution in [0.4, 0.5) is 0 Å². The topological polar surface area (TPSA) is 87.4 Å². The Morgan fingerprint density at radius 3 is 2.79 bits per heavy atom. The van der Waals surface area contributed by atoms with Crippen LogP contribution in [0.5, 0.6) is 5.75 Å². The molecule has 0 aliphatic heterocycles. The lowest BCUT2D eigenvalue weighted by Crippen LogP contribution is -2.18. The molecule has 19 heavy (non-hydrogen) atoms. The van der Waals surface area contributed by atoms with Crippen LogP contribution in [-0.4, -0.2) is 28.1 Å². The fourth-order valence-corrected chi connectivity index (χ4v) is 2.93. The molecular formula is C13H15NO4S. The number of hydrogen-bond acceptors (Lipinski definition) is 4. The summed E-state index contributed by atoms with van der Waals surface area (Å²) in [6.07, 6.45) is 0. The standard InChI is InChI=1S/C13H15NO4S/c1-9(13(15)16)7-19(17)8-11-5-10(6-14)3-4-12(11)18-2/h3-5,9H,7-8H2,1-2H3,(H,15,16). The molecule has 1 aromatic rings. The minimum Gasteiger partial charge on any atom is -0.496 e. The molecule has 0 radical (unpaired) electrons. The average Bonchev–Trinajstić information content (AvgIpc) is 2.38. The number of hydrogen-bond donors (Lipinski definition) is 1. The molecule has 1 rings (SSSR count). The molecule has 2 atom stereocenters. The number of carbonyl (C=O) groups is 1. The Bertz CT molecular complexity index is 536. The molecule has 1 N–H and O–H groups in total. The minimum atomic E-state index is -1.31. The van der Waals surface area contributed by atoms with E-state index < -0.39 is 22.7 Å². The maximum absolute atomic E-state index is 11.9. The van der Waals surface area contributed by atoms with Gasteiger partial charge >= 0.3 is 5.97 Å². The van der Waals surface area contributed by atoms with E-state index in [1.807, 2.05) is 6.07 Å². The Morgan fingerprint density at radius 1 is 1.58 bits per heavy atom. The fourth-order valence-electron chi connectivity index (χ4n) is 1.54. The van der Waals surface area contributed by atoms with Crippen molar-refractivity contribution in [1.29, 1.82) is 5.26 Å². The summed E-state index contributed by atoms with van der Waals surface area (Å²) in [5.41, 5.74) is 1.11. The Morgan fingerprint density at radius 2 is 2.26 bits per heavy atom. The lowest BCUT2D eigenvalue weighted by atomic mass is 10.1. The normalized spacial score (nSPS) is 13.3. The molecule has 0 aromatic heterocycles. The van der Waals surface area contributed by atoms with Crippen molar-refractivity contribution in [3.63, 3.8) is 0 Å². The number of rotatable bonds is 6. The van der Waals surface area contributed by atoms with Crippen LogP contribution >= 0.6 is 0 Å². The lowest BCUT2D eigenvalue weighted by molar-refractivity contribution is -0.140. The van der Waals surface area contributed by atoms with E-state index in [2.05, 4.69) is 0 Å². The zero-order valence-electron chi connectivity index (χ0n) is 10.8. The van der Waals surface area contributed by atoms with Gasteiger partial charge in [0, 0.05) is 22.1 Å². The molecule has 102 valence electrons. The minimum absolute atomic E-state index is 0.0786. The van der Waals surface area contributed by atoms with E-state index in [9.17, 15) is 9.00 Å². The smallest absolute Gasteiger partial charge is 0.307 e. The fraction of sp³-hybridized carbons (Fsp3) is 0.385. The molecule has 5 nitrogen and oxygen atoms in total. The monoisotopic (exact) mass is 281 g/mol. The van der Waals surface area contributed by atoms with Gasteiger partial charge in [-0.3, -0.25) is 9.00 Å². The Kier molecular flexibility index (Phi) is 5.52. The zero-order chi connectivity index (χ0) is 14.4. The van der Waals surface area contributed by atoms with E-state index in [0.717, 1.165) is 0 Å². The van der Waals surface area contributed by atoms with E-state index in [1.165, 1.54) is 14.0 Å². The third kappa shape index (κ3) is 4.38. The molecule has 0 spiro atoms. The molecule has 0 aliphatic carbocycles. The van der Waals surface area contributed by atoms with Gasteiger partial charge in [-0.15, -0.1) is 0 Å². The van der Waals surface area contributed by atoms with E-state index in [-0.39, 0.29) is 11.5 Å². The first-order valence-electron chi connectivity index (χ1n) is 5.62. The van der Waals surface area contributed by atoms with Gasteiger partial charge < -0.3 is 9.84 Å². The predicted molar refractivity (Wildman–Crippen MR) is 71.2 cm³/mol. The van der Waals surface area contributed by atoms with Gasteiger partial charge in [-0.1, -0.05) is 6.92 Å². The van der Waals surface area contributed by atoms with E-state index in [0.29, 0.717) is 16.9 Å². The third-order valence-corrected chi connectivity index (χ3v) is 4.09. The van der Waals surface area contributed by atoms with Gasteiger partial charge in [-0.2, -0.15) is 5.26 Å². The van der Waals surface area contributed by atoms with E-state index in [1.54, 1.807) is 18.2 Å². The Labute approximate surface area is 114 Å². The maximum atomic E-state index is 11.9. The molecule has 0 saturated heterocycles. The second kappa shape index (κ2) is 6.90. The third-order valence-electron chi connectivity index (χ3n) is 2.58. The van der Waals surface area contributed by atoms with Crippen LogP contribution in [-0.2, 0) is 21.3 Å².